The minimum Gasteiger partial charge on any atom is -0.354 e. The first-order valence-corrected chi connectivity index (χ1v) is 9.99. The van der Waals surface area contributed by atoms with Crippen LogP contribution < -0.4 is 10.6 Å². The highest BCUT2D eigenvalue weighted by Crippen LogP contribution is 2.40. The quantitative estimate of drug-likeness (QED) is 0.383. The first-order chi connectivity index (χ1) is 13.3. The lowest BCUT2D eigenvalue weighted by Crippen LogP contribution is -2.49. The number of halogens is 1. The van der Waals surface area contributed by atoms with Gasteiger partial charge in [0.15, 0.2) is 5.96 Å². The summed E-state index contributed by atoms with van der Waals surface area (Å²) in [6.07, 6.45) is 5.34. The van der Waals surface area contributed by atoms with Crippen LogP contribution >= 0.6 is 24.0 Å². The third-order valence-corrected chi connectivity index (χ3v) is 5.60. The molecular formula is C22H30IN5. The van der Waals surface area contributed by atoms with E-state index in [4.69, 9.17) is 0 Å². The van der Waals surface area contributed by atoms with Crippen molar-refractivity contribution < 1.29 is 0 Å². The van der Waals surface area contributed by atoms with Gasteiger partial charge in [0.2, 0.25) is 0 Å². The Morgan fingerprint density at radius 2 is 1.82 bits per heavy atom. The van der Waals surface area contributed by atoms with Crippen molar-refractivity contribution in [3.8, 4) is 0 Å². The number of guanidine groups is 1. The molecule has 0 radical (unpaired) electrons. The molecule has 2 atom stereocenters. The van der Waals surface area contributed by atoms with Gasteiger partial charge in [-0.3, -0.25) is 14.9 Å². The summed E-state index contributed by atoms with van der Waals surface area (Å²) in [6, 6.07) is 17.9. The van der Waals surface area contributed by atoms with Crippen molar-refractivity contribution in [2.75, 3.05) is 20.1 Å². The average molecular weight is 491 g/mol. The predicted octanol–water partition coefficient (Wildman–Crippen LogP) is 3.39. The van der Waals surface area contributed by atoms with Crippen molar-refractivity contribution in [3.63, 3.8) is 0 Å². The number of nitrogens with one attached hydrogen (secondary N) is 2. The van der Waals surface area contributed by atoms with Crippen molar-refractivity contribution in [2.45, 2.75) is 43.8 Å². The summed E-state index contributed by atoms with van der Waals surface area (Å²) in [7, 11) is 1.87. The Kier molecular flexibility index (Phi) is 7.67. The van der Waals surface area contributed by atoms with Crippen molar-refractivity contribution in [2.24, 2.45) is 4.99 Å². The first-order valence-electron chi connectivity index (χ1n) is 9.99. The molecule has 2 aliphatic rings. The van der Waals surface area contributed by atoms with Gasteiger partial charge in [-0.15, -0.1) is 24.0 Å². The highest BCUT2D eigenvalue weighted by molar-refractivity contribution is 14.0. The van der Waals surface area contributed by atoms with Crippen LogP contribution in [0.25, 0.3) is 0 Å². The fraction of sp³-hybridized carbons (Fsp3) is 0.455. The van der Waals surface area contributed by atoms with Crippen LogP contribution in [-0.4, -0.2) is 48.1 Å². The van der Waals surface area contributed by atoms with Gasteiger partial charge in [-0.1, -0.05) is 36.4 Å². The van der Waals surface area contributed by atoms with E-state index in [1.165, 1.54) is 12.0 Å². The van der Waals surface area contributed by atoms with Crippen LogP contribution in [0, 0.1) is 0 Å². The molecule has 2 fully saturated rings. The van der Waals surface area contributed by atoms with E-state index in [2.05, 4.69) is 68.0 Å². The number of aromatic nitrogens is 1. The molecule has 2 aromatic rings. The summed E-state index contributed by atoms with van der Waals surface area (Å²) in [5, 5.41) is 7.23. The van der Waals surface area contributed by atoms with Gasteiger partial charge in [0.1, 0.15) is 0 Å². The molecule has 0 amide bonds. The van der Waals surface area contributed by atoms with E-state index in [9.17, 15) is 0 Å². The van der Waals surface area contributed by atoms with Gasteiger partial charge in [0.05, 0.1) is 5.69 Å². The average Bonchev–Trinajstić information content (AvgIpc) is 3.49. The molecule has 1 aliphatic heterocycles. The number of hydrogen-bond donors (Lipinski definition) is 2. The fourth-order valence-electron chi connectivity index (χ4n) is 3.92. The number of piperidine rings is 1. The maximum absolute atomic E-state index is 4.45. The topological polar surface area (TPSA) is 52.6 Å². The molecular weight excluding hydrogens is 461 g/mol. The number of rotatable bonds is 5. The van der Waals surface area contributed by atoms with Gasteiger partial charge in [0.25, 0.3) is 0 Å². The Labute approximate surface area is 185 Å². The van der Waals surface area contributed by atoms with Crippen LogP contribution in [-0.2, 0) is 6.54 Å². The van der Waals surface area contributed by atoms with Crippen LogP contribution in [0.1, 0.15) is 36.4 Å². The summed E-state index contributed by atoms with van der Waals surface area (Å²) in [5.74, 6) is 1.56. The number of hydrogen-bond acceptors (Lipinski definition) is 3. The Balaban J connectivity index is 0.00000225. The second-order valence-electron chi connectivity index (χ2n) is 7.59. The number of nitrogens with zero attached hydrogens (tertiary/aromatic N) is 3. The molecule has 4 rings (SSSR count). The zero-order valence-electron chi connectivity index (χ0n) is 16.4. The van der Waals surface area contributed by atoms with Crippen molar-refractivity contribution in [3.05, 3.63) is 66.0 Å². The van der Waals surface area contributed by atoms with Crippen molar-refractivity contribution in [1.29, 1.82) is 0 Å². The molecule has 1 aliphatic carbocycles. The van der Waals surface area contributed by atoms with Gasteiger partial charge in [-0.25, -0.2) is 0 Å². The molecule has 1 saturated carbocycles. The van der Waals surface area contributed by atoms with Gasteiger partial charge in [0, 0.05) is 50.9 Å². The van der Waals surface area contributed by atoms with Gasteiger partial charge in [-0.2, -0.15) is 0 Å². The normalized spacial score (nSPS) is 23.0. The molecule has 1 saturated heterocycles. The molecule has 2 unspecified atom stereocenters. The molecule has 28 heavy (non-hydrogen) atoms. The maximum Gasteiger partial charge on any atom is 0.191 e. The summed E-state index contributed by atoms with van der Waals surface area (Å²) in [4.78, 5) is 11.4. The lowest BCUT2D eigenvalue weighted by Gasteiger charge is -2.32. The molecule has 150 valence electrons. The van der Waals surface area contributed by atoms with E-state index in [0.717, 1.165) is 44.1 Å². The minimum atomic E-state index is 0. The van der Waals surface area contributed by atoms with Crippen LogP contribution in [0.2, 0.25) is 0 Å². The smallest absolute Gasteiger partial charge is 0.191 e. The van der Waals surface area contributed by atoms with E-state index < -0.39 is 0 Å². The van der Waals surface area contributed by atoms with E-state index in [1.807, 2.05) is 19.3 Å². The highest BCUT2D eigenvalue weighted by Gasteiger charge is 2.39. The Bertz CT molecular complexity index is 744. The highest BCUT2D eigenvalue weighted by atomic mass is 127. The molecule has 0 bridgehead atoms. The lowest BCUT2D eigenvalue weighted by molar-refractivity contribution is 0.196. The van der Waals surface area contributed by atoms with Crippen molar-refractivity contribution in [1.82, 2.24) is 20.5 Å². The van der Waals surface area contributed by atoms with E-state index in [0.29, 0.717) is 18.0 Å². The minimum absolute atomic E-state index is 0. The molecule has 1 aromatic heterocycles. The monoisotopic (exact) mass is 491 g/mol. The van der Waals surface area contributed by atoms with Gasteiger partial charge < -0.3 is 10.6 Å². The molecule has 1 aromatic carbocycles. The van der Waals surface area contributed by atoms with Crippen LogP contribution in [0.3, 0.4) is 0 Å². The standard InChI is InChI=1S/C22H29N5.HI/c1-23-22(26-21-15-20(21)17-7-3-2-4-8-17)25-18-10-13-27(14-11-18)16-19-9-5-6-12-24-19;/h2-9,12,18,20-21H,10-11,13-16H2,1H3,(H2,23,25,26);1H. The number of likely N-dealkylation sites (tertiary alicyclic amines) is 1. The number of benzene rings is 1. The van der Waals surface area contributed by atoms with Crippen LogP contribution in [0.4, 0.5) is 0 Å². The van der Waals surface area contributed by atoms with E-state index in [-0.39, 0.29) is 24.0 Å². The molecule has 6 heteroatoms. The number of pyridine rings is 1. The Morgan fingerprint density at radius 3 is 2.50 bits per heavy atom. The van der Waals surface area contributed by atoms with Crippen molar-refractivity contribution >= 4 is 29.9 Å². The van der Waals surface area contributed by atoms with Gasteiger partial charge >= 0.3 is 0 Å². The largest absolute Gasteiger partial charge is 0.354 e. The second-order valence-corrected chi connectivity index (χ2v) is 7.59. The van der Waals surface area contributed by atoms with Crippen LogP contribution in [0.15, 0.2) is 59.7 Å². The molecule has 2 heterocycles. The second kappa shape index (κ2) is 10.2. The molecule has 5 nitrogen and oxygen atoms in total. The Morgan fingerprint density at radius 1 is 1.07 bits per heavy atom. The maximum atomic E-state index is 4.45. The third-order valence-electron chi connectivity index (χ3n) is 5.60. The number of aliphatic imine (C=N–C) groups is 1. The lowest BCUT2D eigenvalue weighted by atomic mass is 10.0. The summed E-state index contributed by atoms with van der Waals surface area (Å²) >= 11 is 0. The predicted molar refractivity (Wildman–Crippen MR) is 125 cm³/mol. The zero-order valence-corrected chi connectivity index (χ0v) is 18.8. The van der Waals surface area contributed by atoms with E-state index >= 15 is 0 Å². The Hall–Kier alpha value is -1.67. The third kappa shape index (κ3) is 5.67. The van der Waals surface area contributed by atoms with Crippen LogP contribution in [0.5, 0.6) is 0 Å². The summed E-state index contributed by atoms with van der Waals surface area (Å²) in [5.41, 5.74) is 2.58. The SMILES string of the molecule is CN=C(NC1CCN(Cc2ccccn2)CC1)NC1CC1c1ccccc1.I. The first kappa shape index (κ1) is 21.0. The van der Waals surface area contributed by atoms with Gasteiger partial charge in [-0.05, 0) is 37.0 Å². The summed E-state index contributed by atoms with van der Waals surface area (Å²) in [6.45, 7) is 3.14. The molecule has 0 spiro atoms. The molecule has 2 N–H and O–H groups in total. The zero-order chi connectivity index (χ0) is 18.5. The fourth-order valence-corrected chi connectivity index (χ4v) is 3.92. The summed E-state index contributed by atoms with van der Waals surface area (Å²) < 4.78 is 0. The van der Waals surface area contributed by atoms with E-state index in [1.54, 1.807) is 0 Å².